The van der Waals surface area contributed by atoms with Crippen LogP contribution < -0.4 is 10.1 Å². The van der Waals surface area contributed by atoms with Crippen LogP contribution in [0.3, 0.4) is 0 Å². The van der Waals surface area contributed by atoms with Gasteiger partial charge in [0.15, 0.2) is 6.61 Å². The van der Waals surface area contributed by atoms with Crippen molar-refractivity contribution in [2.75, 3.05) is 11.9 Å². The fourth-order valence-electron chi connectivity index (χ4n) is 2.10. The van der Waals surface area contributed by atoms with Crippen LogP contribution in [0.5, 0.6) is 5.75 Å². The van der Waals surface area contributed by atoms with E-state index in [9.17, 15) is 14.9 Å². The third-order valence-corrected chi connectivity index (χ3v) is 4.15. The van der Waals surface area contributed by atoms with Crippen LogP contribution in [0.1, 0.15) is 16.7 Å². The number of hydrogen-bond donors (Lipinski definition) is 1. The minimum absolute atomic E-state index is 0.136. The zero-order chi connectivity index (χ0) is 17.9. The van der Waals surface area contributed by atoms with Crippen molar-refractivity contribution in [1.29, 1.82) is 0 Å². The van der Waals surface area contributed by atoms with Gasteiger partial charge in [0, 0.05) is 6.07 Å². The topological polar surface area (TPSA) is 81.5 Å². The van der Waals surface area contributed by atoms with E-state index >= 15 is 0 Å². The zero-order valence-corrected chi connectivity index (χ0v) is 15.1. The van der Waals surface area contributed by atoms with Gasteiger partial charge in [-0.1, -0.05) is 6.07 Å². The molecule has 0 fully saturated rings. The molecule has 1 N–H and O–H groups in total. The maximum absolute atomic E-state index is 12.1. The third-order valence-electron chi connectivity index (χ3n) is 3.53. The van der Waals surface area contributed by atoms with E-state index in [0.29, 0.717) is 5.75 Å². The van der Waals surface area contributed by atoms with E-state index in [0.717, 1.165) is 21.2 Å². The van der Waals surface area contributed by atoms with Crippen LogP contribution in [0.4, 0.5) is 11.4 Å². The van der Waals surface area contributed by atoms with E-state index in [1.165, 1.54) is 6.07 Å². The van der Waals surface area contributed by atoms with Crippen molar-refractivity contribution in [1.82, 2.24) is 0 Å². The first-order valence-corrected chi connectivity index (χ1v) is 8.01. The highest BCUT2D eigenvalue weighted by molar-refractivity contribution is 9.10. The van der Waals surface area contributed by atoms with Gasteiger partial charge < -0.3 is 10.1 Å². The van der Waals surface area contributed by atoms with Crippen molar-refractivity contribution in [3.63, 3.8) is 0 Å². The minimum Gasteiger partial charge on any atom is -0.483 e. The molecule has 7 heteroatoms. The van der Waals surface area contributed by atoms with Crippen LogP contribution in [0.15, 0.2) is 34.8 Å². The molecule has 0 aliphatic rings. The first kappa shape index (κ1) is 17.9. The average Bonchev–Trinajstić information content (AvgIpc) is 2.49. The highest BCUT2D eigenvalue weighted by Crippen LogP contribution is 2.28. The maximum atomic E-state index is 12.1. The number of carbonyl (C=O) groups is 1. The molecular formula is C17H17BrN2O4. The molecule has 2 aromatic rings. The minimum atomic E-state index is -0.514. The predicted molar refractivity (Wildman–Crippen MR) is 95.6 cm³/mol. The standard InChI is InChI=1S/C17H17BrN2O4/c1-10-4-5-16(13(18)6-10)24-9-17(21)19-14-7-11(2)12(3)8-15(14)20(22)23/h4-8H,9H2,1-3H3,(H,19,21). The Morgan fingerprint density at radius 1 is 1.21 bits per heavy atom. The molecular weight excluding hydrogens is 376 g/mol. The summed E-state index contributed by atoms with van der Waals surface area (Å²) >= 11 is 3.37. The first-order valence-electron chi connectivity index (χ1n) is 7.22. The Hall–Kier alpha value is -2.41. The molecule has 0 atom stereocenters. The van der Waals surface area contributed by atoms with Crippen molar-refractivity contribution in [2.45, 2.75) is 20.8 Å². The summed E-state index contributed by atoms with van der Waals surface area (Å²) in [5.41, 5.74) is 2.74. The van der Waals surface area contributed by atoms with E-state index in [1.54, 1.807) is 19.1 Å². The molecule has 0 aromatic heterocycles. The van der Waals surface area contributed by atoms with Gasteiger partial charge >= 0.3 is 0 Å². The molecule has 2 aromatic carbocycles. The lowest BCUT2D eigenvalue weighted by atomic mass is 10.1. The maximum Gasteiger partial charge on any atom is 0.293 e. The van der Waals surface area contributed by atoms with Crippen LogP contribution >= 0.6 is 15.9 Å². The predicted octanol–water partition coefficient (Wildman–Crippen LogP) is 4.30. The summed E-state index contributed by atoms with van der Waals surface area (Å²) in [5.74, 6) is 0.0687. The number of anilines is 1. The number of ether oxygens (including phenoxy) is 1. The van der Waals surface area contributed by atoms with Crippen molar-refractivity contribution in [3.8, 4) is 5.75 Å². The quantitative estimate of drug-likeness (QED) is 0.607. The molecule has 0 aliphatic carbocycles. The van der Waals surface area contributed by atoms with Gasteiger partial charge in [-0.05, 0) is 71.6 Å². The highest BCUT2D eigenvalue weighted by Gasteiger charge is 2.18. The summed E-state index contributed by atoms with van der Waals surface area (Å²) in [4.78, 5) is 22.7. The van der Waals surface area contributed by atoms with Crippen LogP contribution in [0, 0.1) is 30.9 Å². The van der Waals surface area contributed by atoms with Crippen molar-refractivity contribution in [3.05, 3.63) is 61.6 Å². The SMILES string of the molecule is Cc1ccc(OCC(=O)Nc2cc(C)c(C)cc2[N+](=O)[O-])c(Br)c1. The number of aryl methyl sites for hydroxylation is 3. The number of benzene rings is 2. The molecule has 0 spiro atoms. The number of nitro groups is 1. The lowest BCUT2D eigenvalue weighted by Crippen LogP contribution is -2.21. The fourth-order valence-corrected chi connectivity index (χ4v) is 2.71. The van der Waals surface area contributed by atoms with E-state index in [-0.39, 0.29) is 18.0 Å². The number of hydrogen-bond acceptors (Lipinski definition) is 4. The van der Waals surface area contributed by atoms with Gasteiger partial charge in [0.25, 0.3) is 11.6 Å². The second-order valence-corrected chi connectivity index (χ2v) is 6.34. The molecule has 0 unspecified atom stereocenters. The zero-order valence-electron chi connectivity index (χ0n) is 13.6. The van der Waals surface area contributed by atoms with Gasteiger partial charge in [-0.3, -0.25) is 14.9 Å². The van der Waals surface area contributed by atoms with Gasteiger partial charge in [-0.2, -0.15) is 0 Å². The average molecular weight is 393 g/mol. The van der Waals surface area contributed by atoms with Crippen LogP contribution in [-0.4, -0.2) is 17.4 Å². The van der Waals surface area contributed by atoms with E-state index in [2.05, 4.69) is 21.2 Å². The van der Waals surface area contributed by atoms with Crippen molar-refractivity contribution < 1.29 is 14.5 Å². The fraction of sp³-hybridized carbons (Fsp3) is 0.235. The normalized spacial score (nSPS) is 10.3. The highest BCUT2D eigenvalue weighted by atomic mass is 79.9. The summed E-state index contributed by atoms with van der Waals surface area (Å²) in [5, 5.41) is 13.7. The number of nitrogens with zero attached hydrogens (tertiary/aromatic N) is 1. The monoisotopic (exact) mass is 392 g/mol. The summed E-state index contributed by atoms with van der Waals surface area (Å²) in [7, 11) is 0. The molecule has 24 heavy (non-hydrogen) atoms. The Labute approximate surface area is 148 Å². The molecule has 0 aliphatic heterocycles. The number of amides is 1. The second kappa shape index (κ2) is 7.44. The van der Waals surface area contributed by atoms with E-state index < -0.39 is 10.8 Å². The van der Waals surface area contributed by atoms with E-state index in [1.807, 2.05) is 26.0 Å². The van der Waals surface area contributed by atoms with E-state index in [4.69, 9.17) is 4.74 Å². The smallest absolute Gasteiger partial charge is 0.293 e. The van der Waals surface area contributed by atoms with Gasteiger partial charge in [-0.15, -0.1) is 0 Å². The third kappa shape index (κ3) is 4.32. The molecule has 0 heterocycles. The largest absolute Gasteiger partial charge is 0.483 e. The Kier molecular flexibility index (Phi) is 5.56. The molecule has 1 amide bonds. The molecule has 0 radical (unpaired) electrons. The molecule has 0 saturated carbocycles. The first-order chi connectivity index (χ1) is 11.3. The number of carbonyl (C=O) groups excluding carboxylic acids is 1. The molecule has 2 rings (SSSR count). The Morgan fingerprint density at radius 2 is 1.88 bits per heavy atom. The summed E-state index contributed by atoms with van der Waals surface area (Å²) in [6, 6.07) is 8.54. The molecule has 0 saturated heterocycles. The molecule has 126 valence electrons. The number of rotatable bonds is 5. The Balaban J connectivity index is 2.10. The number of halogens is 1. The number of nitro benzene ring substituents is 1. The lowest BCUT2D eigenvalue weighted by molar-refractivity contribution is -0.384. The van der Waals surface area contributed by atoms with Crippen LogP contribution in [0.2, 0.25) is 0 Å². The van der Waals surface area contributed by atoms with Crippen LogP contribution in [0.25, 0.3) is 0 Å². The van der Waals surface area contributed by atoms with Gasteiger partial charge in [0.1, 0.15) is 11.4 Å². The lowest BCUT2D eigenvalue weighted by Gasteiger charge is -2.11. The van der Waals surface area contributed by atoms with Crippen molar-refractivity contribution in [2.24, 2.45) is 0 Å². The molecule has 0 bridgehead atoms. The van der Waals surface area contributed by atoms with Gasteiger partial charge in [0.2, 0.25) is 0 Å². The summed E-state index contributed by atoms with van der Waals surface area (Å²) in [6.45, 7) is 5.31. The Bertz CT molecular complexity index is 805. The second-order valence-electron chi connectivity index (χ2n) is 5.48. The Morgan fingerprint density at radius 3 is 2.50 bits per heavy atom. The molecule has 6 nitrogen and oxygen atoms in total. The number of nitrogens with one attached hydrogen (secondary N) is 1. The summed E-state index contributed by atoms with van der Waals surface area (Å²) < 4.78 is 6.19. The summed E-state index contributed by atoms with van der Waals surface area (Å²) in [6.07, 6.45) is 0. The van der Waals surface area contributed by atoms with Gasteiger partial charge in [-0.25, -0.2) is 0 Å². The van der Waals surface area contributed by atoms with Crippen LogP contribution in [-0.2, 0) is 4.79 Å². The van der Waals surface area contributed by atoms with Crippen molar-refractivity contribution >= 4 is 33.2 Å². The van der Waals surface area contributed by atoms with Gasteiger partial charge in [0.05, 0.1) is 9.40 Å².